The van der Waals surface area contributed by atoms with Crippen LogP contribution in [0.25, 0.3) is 0 Å². The number of halogens is 2. The lowest BCUT2D eigenvalue weighted by atomic mass is 10.1. The summed E-state index contributed by atoms with van der Waals surface area (Å²) in [7, 11) is 0. The molecule has 0 bridgehead atoms. The van der Waals surface area contributed by atoms with E-state index in [0.29, 0.717) is 16.8 Å². The van der Waals surface area contributed by atoms with E-state index in [1.54, 1.807) is 12.1 Å². The molecule has 1 N–H and O–H groups in total. The van der Waals surface area contributed by atoms with E-state index in [4.69, 9.17) is 4.74 Å². The SMILES string of the molecule is CCCNCc1ccc(COc2ccc(F)c(Br)c2)cc1. The van der Waals surface area contributed by atoms with Crippen molar-refractivity contribution in [3.63, 3.8) is 0 Å². The van der Waals surface area contributed by atoms with Gasteiger partial charge in [0.05, 0.1) is 4.47 Å². The standard InChI is InChI=1S/C17H19BrFNO/c1-2-9-20-11-13-3-5-14(6-4-13)12-21-15-7-8-17(19)16(18)10-15/h3-8,10,20H,2,9,11-12H2,1H3. The van der Waals surface area contributed by atoms with Gasteiger partial charge in [-0.15, -0.1) is 0 Å². The molecular weight excluding hydrogens is 333 g/mol. The van der Waals surface area contributed by atoms with Gasteiger partial charge in [0.25, 0.3) is 0 Å². The van der Waals surface area contributed by atoms with Gasteiger partial charge in [-0.05, 0) is 58.2 Å². The van der Waals surface area contributed by atoms with Gasteiger partial charge in [-0.2, -0.15) is 0 Å². The van der Waals surface area contributed by atoms with Gasteiger partial charge in [0, 0.05) is 6.54 Å². The molecule has 2 nitrogen and oxygen atoms in total. The zero-order valence-corrected chi connectivity index (χ0v) is 13.6. The van der Waals surface area contributed by atoms with Gasteiger partial charge < -0.3 is 10.1 Å². The Hall–Kier alpha value is -1.39. The molecule has 0 aromatic heterocycles. The first-order valence-corrected chi connectivity index (χ1v) is 7.84. The van der Waals surface area contributed by atoms with Crippen LogP contribution in [0.5, 0.6) is 5.75 Å². The van der Waals surface area contributed by atoms with Gasteiger partial charge in [-0.1, -0.05) is 31.2 Å². The van der Waals surface area contributed by atoms with E-state index in [-0.39, 0.29) is 5.82 Å². The molecule has 0 saturated heterocycles. The Morgan fingerprint density at radius 2 is 1.81 bits per heavy atom. The van der Waals surface area contributed by atoms with Crippen LogP contribution in [0.4, 0.5) is 4.39 Å². The minimum atomic E-state index is -0.286. The third-order valence-electron chi connectivity index (χ3n) is 3.08. The maximum atomic E-state index is 13.1. The number of rotatable bonds is 7. The van der Waals surface area contributed by atoms with Gasteiger partial charge in [-0.3, -0.25) is 0 Å². The Morgan fingerprint density at radius 1 is 1.10 bits per heavy atom. The average Bonchev–Trinajstić information content (AvgIpc) is 2.50. The van der Waals surface area contributed by atoms with Crippen LogP contribution in [0.2, 0.25) is 0 Å². The second-order valence-corrected chi connectivity index (χ2v) is 5.71. The van der Waals surface area contributed by atoms with Crippen LogP contribution < -0.4 is 10.1 Å². The fraction of sp³-hybridized carbons (Fsp3) is 0.294. The lowest BCUT2D eigenvalue weighted by Crippen LogP contribution is -2.13. The van der Waals surface area contributed by atoms with Gasteiger partial charge in [0.15, 0.2) is 0 Å². The monoisotopic (exact) mass is 351 g/mol. The minimum Gasteiger partial charge on any atom is -0.489 e. The first kappa shape index (κ1) is 16.0. The Kier molecular flexibility index (Phi) is 6.21. The van der Waals surface area contributed by atoms with Gasteiger partial charge >= 0.3 is 0 Å². The summed E-state index contributed by atoms with van der Waals surface area (Å²) < 4.78 is 19.2. The van der Waals surface area contributed by atoms with Gasteiger partial charge in [0.2, 0.25) is 0 Å². The Balaban J connectivity index is 1.86. The summed E-state index contributed by atoms with van der Waals surface area (Å²) in [5.41, 5.74) is 2.35. The number of hydrogen-bond donors (Lipinski definition) is 1. The van der Waals surface area contributed by atoms with Gasteiger partial charge in [-0.25, -0.2) is 4.39 Å². The number of hydrogen-bond acceptors (Lipinski definition) is 2. The predicted molar refractivity (Wildman–Crippen MR) is 86.9 cm³/mol. The highest BCUT2D eigenvalue weighted by Crippen LogP contribution is 2.22. The fourth-order valence-electron chi connectivity index (χ4n) is 1.90. The molecule has 21 heavy (non-hydrogen) atoms. The van der Waals surface area contributed by atoms with E-state index < -0.39 is 0 Å². The first-order valence-electron chi connectivity index (χ1n) is 7.05. The topological polar surface area (TPSA) is 21.3 Å². The molecule has 2 rings (SSSR count). The summed E-state index contributed by atoms with van der Waals surface area (Å²) in [6.45, 7) is 4.55. The maximum Gasteiger partial charge on any atom is 0.137 e. The van der Waals surface area contributed by atoms with Crippen LogP contribution in [0.3, 0.4) is 0 Å². The van der Waals surface area contributed by atoms with E-state index >= 15 is 0 Å². The summed E-state index contributed by atoms with van der Waals surface area (Å²) in [5.74, 6) is 0.364. The molecule has 0 radical (unpaired) electrons. The molecule has 0 saturated carbocycles. The van der Waals surface area contributed by atoms with Crippen LogP contribution in [0, 0.1) is 5.82 Å². The molecular formula is C17H19BrFNO. The van der Waals surface area contributed by atoms with Crippen molar-refractivity contribution in [2.24, 2.45) is 0 Å². The molecule has 2 aromatic rings. The third kappa shape index (κ3) is 5.14. The van der Waals surface area contributed by atoms with E-state index in [1.165, 1.54) is 11.6 Å². The summed E-state index contributed by atoms with van der Waals surface area (Å²) in [5, 5.41) is 3.37. The molecule has 112 valence electrons. The maximum absolute atomic E-state index is 13.1. The van der Waals surface area contributed by atoms with Crippen molar-refractivity contribution in [1.82, 2.24) is 5.32 Å². The molecule has 0 aliphatic carbocycles. The van der Waals surface area contributed by atoms with Crippen LogP contribution in [0.1, 0.15) is 24.5 Å². The summed E-state index contributed by atoms with van der Waals surface area (Å²) in [6.07, 6.45) is 1.14. The van der Waals surface area contributed by atoms with Crippen molar-refractivity contribution in [3.05, 3.63) is 63.9 Å². The molecule has 0 heterocycles. The lowest BCUT2D eigenvalue weighted by Gasteiger charge is -2.08. The minimum absolute atomic E-state index is 0.286. The van der Waals surface area contributed by atoms with Crippen molar-refractivity contribution < 1.29 is 9.13 Å². The molecule has 0 aliphatic rings. The van der Waals surface area contributed by atoms with E-state index in [2.05, 4.69) is 52.4 Å². The highest BCUT2D eigenvalue weighted by atomic mass is 79.9. The van der Waals surface area contributed by atoms with Crippen molar-refractivity contribution >= 4 is 15.9 Å². The highest BCUT2D eigenvalue weighted by molar-refractivity contribution is 9.10. The Bertz CT molecular complexity index is 572. The van der Waals surface area contributed by atoms with Crippen molar-refractivity contribution in [1.29, 1.82) is 0 Å². The summed E-state index contributed by atoms with van der Waals surface area (Å²) in [4.78, 5) is 0. The van der Waals surface area contributed by atoms with E-state index in [0.717, 1.165) is 25.1 Å². The molecule has 0 amide bonds. The zero-order chi connectivity index (χ0) is 15.1. The van der Waals surface area contributed by atoms with E-state index in [9.17, 15) is 4.39 Å². The molecule has 0 aliphatic heterocycles. The van der Waals surface area contributed by atoms with Crippen LogP contribution in [0.15, 0.2) is 46.9 Å². The second-order valence-electron chi connectivity index (χ2n) is 4.86. The Labute approximate surface area is 133 Å². The fourth-order valence-corrected chi connectivity index (χ4v) is 2.25. The number of benzene rings is 2. The number of ether oxygens (including phenoxy) is 1. The second kappa shape index (κ2) is 8.15. The third-order valence-corrected chi connectivity index (χ3v) is 3.68. The molecule has 0 fully saturated rings. The lowest BCUT2D eigenvalue weighted by molar-refractivity contribution is 0.305. The number of nitrogens with one attached hydrogen (secondary N) is 1. The average molecular weight is 352 g/mol. The quantitative estimate of drug-likeness (QED) is 0.732. The zero-order valence-electron chi connectivity index (χ0n) is 12.0. The molecule has 0 unspecified atom stereocenters. The molecule has 2 aromatic carbocycles. The highest BCUT2D eigenvalue weighted by Gasteiger charge is 2.02. The Morgan fingerprint density at radius 3 is 2.48 bits per heavy atom. The smallest absolute Gasteiger partial charge is 0.137 e. The molecule has 4 heteroatoms. The first-order chi connectivity index (χ1) is 10.2. The summed E-state index contributed by atoms with van der Waals surface area (Å²) in [6, 6.07) is 13.0. The predicted octanol–water partition coefficient (Wildman–Crippen LogP) is 4.67. The van der Waals surface area contributed by atoms with E-state index in [1.807, 2.05) is 0 Å². The largest absolute Gasteiger partial charge is 0.489 e. The molecule has 0 atom stereocenters. The van der Waals surface area contributed by atoms with Crippen molar-refractivity contribution in [2.45, 2.75) is 26.5 Å². The van der Waals surface area contributed by atoms with Crippen molar-refractivity contribution in [3.8, 4) is 5.75 Å². The summed E-state index contributed by atoms with van der Waals surface area (Å²) >= 11 is 3.15. The van der Waals surface area contributed by atoms with Crippen LogP contribution in [-0.2, 0) is 13.2 Å². The van der Waals surface area contributed by atoms with Crippen LogP contribution in [-0.4, -0.2) is 6.54 Å². The van der Waals surface area contributed by atoms with Crippen molar-refractivity contribution in [2.75, 3.05) is 6.54 Å². The normalized spacial score (nSPS) is 10.6. The molecule has 0 spiro atoms. The van der Waals surface area contributed by atoms with Crippen LogP contribution >= 0.6 is 15.9 Å². The van der Waals surface area contributed by atoms with Gasteiger partial charge in [0.1, 0.15) is 18.2 Å².